The van der Waals surface area contributed by atoms with Crippen molar-refractivity contribution < 1.29 is 18.6 Å². The Hall–Kier alpha value is -3.27. The minimum absolute atomic E-state index is 0.105. The topological polar surface area (TPSA) is 89.5 Å². The molecule has 33 heavy (non-hydrogen) atoms. The van der Waals surface area contributed by atoms with Crippen molar-refractivity contribution in [2.45, 2.75) is 50.8 Å². The molecule has 5 rings (SSSR count). The molecule has 1 aromatic carbocycles. The van der Waals surface area contributed by atoms with Gasteiger partial charge in [-0.15, -0.1) is 5.10 Å². The van der Waals surface area contributed by atoms with Gasteiger partial charge in [0.2, 0.25) is 11.8 Å². The van der Waals surface area contributed by atoms with E-state index in [0.717, 1.165) is 12.8 Å². The van der Waals surface area contributed by atoms with Crippen molar-refractivity contribution in [3.8, 4) is 17.0 Å². The Kier molecular flexibility index (Phi) is 5.40. The number of alkyl halides is 1. The van der Waals surface area contributed by atoms with Crippen LogP contribution in [0.4, 0.5) is 14.7 Å². The van der Waals surface area contributed by atoms with Crippen molar-refractivity contribution in [1.82, 2.24) is 24.1 Å². The molecule has 1 saturated carbocycles. The Bertz CT molecular complexity index is 1310. The number of hydrogen-bond donors (Lipinski definition) is 2. The predicted molar refractivity (Wildman–Crippen MR) is 121 cm³/mol. The number of halogens is 2. The normalized spacial score (nSPS) is 21.1. The number of ether oxygens (including phenoxy) is 1. The molecule has 0 aliphatic heterocycles. The smallest absolute Gasteiger partial charge is 0.244 e. The average Bonchev–Trinajstić information content (AvgIpc) is 3.40. The quantitative estimate of drug-likeness (QED) is 0.456. The molecule has 0 spiro atoms. The van der Waals surface area contributed by atoms with Crippen LogP contribution >= 0.6 is 0 Å². The zero-order chi connectivity index (χ0) is 23.2. The van der Waals surface area contributed by atoms with Crippen LogP contribution in [-0.2, 0) is 6.54 Å². The predicted octanol–water partition coefficient (Wildman–Crippen LogP) is 3.97. The summed E-state index contributed by atoms with van der Waals surface area (Å²) in [5.74, 6) is 0.301. The fourth-order valence-electron chi connectivity index (χ4n) is 4.54. The van der Waals surface area contributed by atoms with Gasteiger partial charge in [0.25, 0.3) is 0 Å². The van der Waals surface area contributed by atoms with Gasteiger partial charge in [-0.05, 0) is 56.4 Å². The fraction of sp³-hybridized carbons (Fsp3) is 0.435. The highest BCUT2D eigenvalue weighted by atomic mass is 19.1. The first-order valence-electron chi connectivity index (χ1n) is 11.0. The van der Waals surface area contributed by atoms with Crippen molar-refractivity contribution in [1.29, 1.82) is 0 Å². The monoisotopic (exact) mass is 456 g/mol. The van der Waals surface area contributed by atoms with Crippen molar-refractivity contribution in [3.05, 3.63) is 36.5 Å². The number of imidazole rings is 1. The zero-order valence-electron chi connectivity index (χ0n) is 18.6. The van der Waals surface area contributed by atoms with Gasteiger partial charge in [-0.1, -0.05) is 0 Å². The van der Waals surface area contributed by atoms with Gasteiger partial charge in [0.15, 0.2) is 5.82 Å². The second-order valence-corrected chi connectivity index (χ2v) is 8.84. The minimum Gasteiger partial charge on any atom is -0.479 e. The summed E-state index contributed by atoms with van der Waals surface area (Å²) in [5.41, 5.74) is 2.00. The first-order valence-corrected chi connectivity index (χ1v) is 11.0. The molecule has 2 N–H and O–H groups in total. The van der Waals surface area contributed by atoms with Crippen LogP contribution in [0.1, 0.15) is 32.6 Å². The number of hydrogen-bond acceptors (Lipinski definition) is 6. The number of rotatable bonds is 6. The lowest BCUT2D eigenvalue weighted by Gasteiger charge is -2.33. The van der Waals surface area contributed by atoms with Gasteiger partial charge in [0.1, 0.15) is 17.7 Å². The van der Waals surface area contributed by atoms with Gasteiger partial charge in [-0.2, -0.15) is 4.98 Å². The molecule has 10 heteroatoms. The third kappa shape index (κ3) is 3.99. The van der Waals surface area contributed by atoms with Crippen molar-refractivity contribution in [2.24, 2.45) is 0 Å². The summed E-state index contributed by atoms with van der Waals surface area (Å²) in [4.78, 5) is 8.62. The van der Waals surface area contributed by atoms with Gasteiger partial charge in [0.05, 0.1) is 31.1 Å². The molecule has 1 aliphatic rings. The first-order chi connectivity index (χ1) is 15.9. The maximum Gasteiger partial charge on any atom is 0.244 e. The third-order valence-corrected chi connectivity index (χ3v) is 6.38. The van der Waals surface area contributed by atoms with Crippen LogP contribution in [0.2, 0.25) is 0 Å². The van der Waals surface area contributed by atoms with E-state index in [9.17, 15) is 13.9 Å². The molecule has 0 saturated heterocycles. The molecular weight excluding hydrogens is 430 g/mol. The molecule has 0 bridgehead atoms. The van der Waals surface area contributed by atoms with Crippen LogP contribution in [0.3, 0.4) is 0 Å². The van der Waals surface area contributed by atoms with Crippen molar-refractivity contribution in [3.63, 3.8) is 0 Å². The molecule has 3 aromatic heterocycles. The number of nitrogens with one attached hydrogen (secondary N) is 1. The van der Waals surface area contributed by atoms with E-state index in [1.165, 1.54) is 19.5 Å². The van der Waals surface area contributed by atoms with Gasteiger partial charge >= 0.3 is 0 Å². The minimum atomic E-state index is -0.619. The molecule has 0 amide bonds. The Morgan fingerprint density at radius 3 is 2.82 bits per heavy atom. The van der Waals surface area contributed by atoms with Gasteiger partial charge in [-0.25, -0.2) is 18.3 Å². The van der Waals surface area contributed by atoms with Crippen LogP contribution in [0, 0.1) is 5.82 Å². The molecule has 8 nitrogen and oxygen atoms in total. The lowest BCUT2D eigenvalue weighted by molar-refractivity contribution is 0.0195. The molecule has 174 valence electrons. The first kappa shape index (κ1) is 21.6. The van der Waals surface area contributed by atoms with Crippen LogP contribution in [0.25, 0.3) is 27.7 Å². The van der Waals surface area contributed by atoms with Crippen molar-refractivity contribution >= 4 is 22.5 Å². The maximum atomic E-state index is 14.8. The number of anilines is 1. The zero-order valence-corrected chi connectivity index (χ0v) is 18.6. The average molecular weight is 456 g/mol. The third-order valence-electron chi connectivity index (χ3n) is 6.38. The molecule has 1 aliphatic carbocycles. The van der Waals surface area contributed by atoms with Crippen LogP contribution in [-0.4, -0.2) is 54.7 Å². The molecule has 0 radical (unpaired) electrons. The number of methoxy groups -OCH3 is 1. The van der Waals surface area contributed by atoms with E-state index < -0.39 is 18.1 Å². The van der Waals surface area contributed by atoms with Gasteiger partial charge < -0.3 is 19.7 Å². The van der Waals surface area contributed by atoms with E-state index in [0.29, 0.717) is 46.8 Å². The number of nitrogens with zero attached hydrogens (tertiary/aromatic N) is 5. The Morgan fingerprint density at radius 2 is 2.09 bits per heavy atom. The van der Waals surface area contributed by atoms with E-state index in [1.807, 2.05) is 13.0 Å². The second-order valence-electron chi connectivity index (χ2n) is 8.84. The number of benzene rings is 1. The molecule has 4 aromatic rings. The molecule has 1 fully saturated rings. The molecular formula is C23H26F2N6O2. The Morgan fingerprint density at radius 1 is 1.30 bits per heavy atom. The van der Waals surface area contributed by atoms with Crippen LogP contribution < -0.4 is 10.1 Å². The van der Waals surface area contributed by atoms with Crippen LogP contribution in [0.5, 0.6) is 5.88 Å². The number of aryl methyl sites for hydroxylation is 1. The highest BCUT2D eigenvalue weighted by Gasteiger charge is 2.29. The number of fused-ring (bicyclic) bond motifs is 2. The Labute approximate surface area is 189 Å². The van der Waals surface area contributed by atoms with E-state index >= 15 is 0 Å². The summed E-state index contributed by atoms with van der Waals surface area (Å²) in [6.45, 7) is 1.40. The Balaban J connectivity index is 1.52. The molecule has 0 atom stereocenters. The summed E-state index contributed by atoms with van der Waals surface area (Å²) in [5, 5.41) is 18.1. The summed E-state index contributed by atoms with van der Waals surface area (Å²) < 4.78 is 36.5. The van der Waals surface area contributed by atoms with E-state index in [1.54, 1.807) is 21.3 Å². The second kappa shape index (κ2) is 8.26. The van der Waals surface area contributed by atoms with Crippen molar-refractivity contribution in [2.75, 3.05) is 19.1 Å². The molecule has 0 unspecified atom stereocenters. The largest absolute Gasteiger partial charge is 0.479 e. The highest BCUT2D eigenvalue weighted by Crippen LogP contribution is 2.35. The van der Waals surface area contributed by atoms with Gasteiger partial charge in [-0.3, -0.25) is 0 Å². The number of aromatic nitrogens is 5. The maximum absolute atomic E-state index is 14.8. The lowest BCUT2D eigenvalue weighted by Crippen LogP contribution is -2.36. The highest BCUT2D eigenvalue weighted by molar-refractivity contribution is 5.90. The van der Waals surface area contributed by atoms with Crippen LogP contribution in [0.15, 0.2) is 30.7 Å². The number of aliphatic hydroxyl groups is 1. The SMILES string of the molecule is COc1nc(NC2CCC(C)(O)CC2)nn2ccc(-c3cc(F)c4ncn(CCF)c4c3)c12. The van der Waals surface area contributed by atoms with E-state index in [2.05, 4.69) is 20.4 Å². The summed E-state index contributed by atoms with van der Waals surface area (Å²) in [6.07, 6.45) is 6.28. The lowest BCUT2D eigenvalue weighted by atomic mass is 9.84. The summed E-state index contributed by atoms with van der Waals surface area (Å²) in [7, 11) is 1.53. The standard InChI is InChI=1S/C23H26F2N6O2/c1-23(32)6-3-15(4-7-23)27-22-28-21(33-2)20-16(5-9-31(20)29-22)14-11-17(25)19-18(12-14)30(10-8-24)13-26-19/h5,9,11-13,15,32H,3-4,6-8,10H2,1-2H3,(H,27,29). The fourth-order valence-corrected chi connectivity index (χ4v) is 4.54. The summed E-state index contributed by atoms with van der Waals surface area (Å²) in [6, 6.07) is 5.18. The van der Waals surface area contributed by atoms with E-state index in [4.69, 9.17) is 4.74 Å². The van der Waals surface area contributed by atoms with Gasteiger partial charge in [0, 0.05) is 17.8 Å². The summed E-state index contributed by atoms with van der Waals surface area (Å²) >= 11 is 0. The van der Waals surface area contributed by atoms with E-state index in [-0.39, 0.29) is 18.1 Å². The molecule has 3 heterocycles.